The summed E-state index contributed by atoms with van der Waals surface area (Å²) in [6.07, 6.45) is 84.1. The van der Waals surface area contributed by atoms with Crippen LogP contribution in [0.25, 0.3) is 0 Å². The average molecular weight is 935 g/mol. The summed E-state index contributed by atoms with van der Waals surface area (Å²) in [7, 11) is 0. The maximum absolute atomic E-state index is 12.8. The van der Waals surface area contributed by atoms with E-state index in [1.165, 1.54) is 25.7 Å². The molecule has 0 aromatic rings. The molecule has 0 rings (SSSR count). The van der Waals surface area contributed by atoms with E-state index in [-0.39, 0.29) is 31.6 Å². The van der Waals surface area contributed by atoms with Crippen molar-refractivity contribution in [2.24, 2.45) is 0 Å². The van der Waals surface area contributed by atoms with E-state index in [0.29, 0.717) is 19.4 Å². The van der Waals surface area contributed by atoms with Crippen LogP contribution in [-0.2, 0) is 23.8 Å². The number of hydrogen-bond acceptors (Lipinski definition) is 5. The van der Waals surface area contributed by atoms with Crippen molar-refractivity contribution < 1.29 is 23.8 Å². The van der Waals surface area contributed by atoms with Crippen LogP contribution in [0.1, 0.15) is 201 Å². The summed E-state index contributed by atoms with van der Waals surface area (Å²) in [4.78, 5) is 25.4. The van der Waals surface area contributed by atoms with Crippen LogP contribution in [0, 0.1) is 0 Å². The van der Waals surface area contributed by atoms with Crippen molar-refractivity contribution in [1.82, 2.24) is 0 Å². The van der Waals surface area contributed by atoms with Gasteiger partial charge in [0.05, 0.1) is 6.61 Å². The molecular weight excluding hydrogens is 837 g/mol. The number of rotatable bonds is 47. The Morgan fingerprint density at radius 3 is 1.04 bits per heavy atom. The van der Waals surface area contributed by atoms with E-state index in [4.69, 9.17) is 14.2 Å². The number of carbonyl (C=O) groups is 2. The number of esters is 2. The lowest BCUT2D eigenvalue weighted by Gasteiger charge is -2.18. The van der Waals surface area contributed by atoms with Crippen molar-refractivity contribution >= 4 is 11.9 Å². The first-order valence-electron chi connectivity index (χ1n) is 27.0. The molecule has 0 fully saturated rings. The fourth-order valence-electron chi connectivity index (χ4n) is 6.66. The van der Waals surface area contributed by atoms with Crippen molar-refractivity contribution in [2.75, 3.05) is 19.8 Å². The van der Waals surface area contributed by atoms with E-state index in [9.17, 15) is 9.59 Å². The molecule has 380 valence electrons. The SMILES string of the molecule is CC/C=C\C/C=C\C/C=C\C/C=C\C/C=C\C/C=C\CCC(=O)OCC(COCCCCCCCC/C=C\C/C=C\C/C=C\CC)OC(=O)CCCCCC/C=C\C/C=C\C/C=C\C/C=C\CC. The monoisotopic (exact) mass is 935 g/mol. The molecule has 1 atom stereocenters. The van der Waals surface area contributed by atoms with Gasteiger partial charge in [0.2, 0.25) is 0 Å². The first kappa shape index (κ1) is 63.5. The van der Waals surface area contributed by atoms with Crippen LogP contribution in [0.15, 0.2) is 158 Å². The lowest BCUT2D eigenvalue weighted by molar-refractivity contribution is -0.162. The van der Waals surface area contributed by atoms with Gasteiger partial charge in [-0.05, 0) is 128 Å². The van der Waals surface area contributed by atoms with Crippen LogP contribution in [-0.4, -0.2) is 37.9 Å². The van der Waals surface area contributed by atoms with E-state index >= 15 is 0 Å². The summed E-state index contributed by atoms with van der Waals surface area (Å²) >= 11 is 0. The predicted molar refractivity (Wildman–Crippen MR) is 297 cm³/mol. The topological polar surface area (TPSA) is 61.8 Å². The number of ether oxygens (including phenoxy) is 3. The minimum atomic E-state index is -0.600. The van der Waals surface area contributed by atoms with Gasteiger partial charge in [0.25, 0.3) is 0 Å². The van der Waals surface area contributed by atoms with Gasteiger partial charge < -0.3 is 14.2 Å². The van der Waals surface area contributed by atoms with Crippen LogP contribution < -0.4 is 0 Å². The molecule has 0 N–H and O–H groups in total. The van der Waals surface area contributed by atoms with Crippen molar-refractivity contribution in [1.29, 1.82) is 0 Å². The van der Waals surface area contributed by atoms with Crippen LogP contribution in [0.4, 0.5) is 0 Å². The molecule has 0 amide bonds. The van der Waals surface area contributed by atoms with Crippen molar-refractivity contribution in [3.05, 3.63) is 158 Å². The Bertz CT molecular complexity index is 1520. The Balaban J connectivity index is 4.50. The lowest BCUT2D eigenvalue weighted by Crippen LogP contribution is -2.30. The highest BCUT2D eigenvalue weighted by Crippen LogP contribution is 2.11. The summed E-state index contributed by atoms with van der Waals surface area (Å²) in [5.41, 5.74) is 0. The first-order valence-corrected chi connectivity index (χ1v) is 27.0. The Hall–Kier alpha value is -4.48. The van der Waals surface area contributed by atoms with Crippen molar-refractivity contribution in [3.63, 3.8) is 0 Å². The zero-order valence-electron chi connectivity index (χ0n) is 43.6. The second-order valence-corrected chi connectivity index (χ2v) is 17.0. The highest BCUT2D eigenvalue weighted by molar-refractivity contribution is 5.70. The molecule has 5 nitrogen and oxygen atoms in total. The van der Waals surface area contributed by atoms with Gasteiger partial charge in [-0.3, -0.25) is 9.59 Å². The van der Waals surface area contributed by atoms with Crippen molar-refractivity contribution in [2.45, 2.75) is 207 Å². The van der Waals surface area contributed by atoms with Crippen LogP contribution in [0.2, 0.25) is 0 Å². The Morgan fingerprint density at radius 2 is 0.647 bits per heavy atom. The summed E-state index contributed by atoms with van der Waals surface area (Å²) in [5.74, 6) is -0.542. The summed E-state index contributed by atoms with van der Waals surface area (Å²) in [6, 6.07) is 0. The second-order valence-electron chi connectivity index (χ2n) is 17.0. The number of unbranched alkanes of at least 4 members (excludes halogenated alkanes) is 10. The molecule has 68 heavy (non-hydrogen) atoms. The Kier molecular flexibility index (Phi) is 53.1. The van der Waals surface area contributed by atoms with Gasteiger partial charge in [-0.15, -0.1) is 0 Å². The quantitative estimate of drug-likeness (QED) is 0.0346. The summed E-state index contributed by atoms with van der Waals surface area (Å²) < 4.78 is 17.3. The molecule has 0 aliphatic carbocycles. The molecule has 5 heteroatoms. The maximum atomic E-state index is 12.8. The van der Waals surface area contributed by atoms with E-state index in [1.807, 2.05) is 6.08 Å². The van der Waals surface area contributed by atoms with Crippen LogP contribution >= 0.6 is 0 Å². The van der Waals surface area contributed by atoms with Gasteiger partial charge in [-0.1, -0.05) is 217 Å². The molecule has 0 heterocycles. The highest BCUT2D eigenvalue weighted by atomic mass is 16.6. The predicted octanol–water partition coefficient (Wildman–Crippen LogP) is 18.7. The zero-order chi connectivity index (χ0) is 49.2. The number of hydrogen-bond donors (Lipinski definition) is 0. The molecule has 0 saturated carbocycles. The third-order valence-electron chi connectivity index (χ3n) is 10.6. The largest absolute Gasteiger partial charge is 0.462 e. The smallest absolute Gasteiger partial charge is 0.306 e. The number of carbonyl (C=O) groups excluding carboxylic acids is 2. The lowest BCUT2D eigenvalue weighted by atomic mass is 10.1. The highest BCUT2D eigenvalue weighted by Gasteiger charge is 2.17. The fourth-order valence-corrected chi connectivity index (χ4v) is 6.66. The van der Waals surface area contributed by atoms with E-state index in [0.717, 1.165) is 135 Å². The summed E-state index contributed by atoms with van der Waals surface area (Å²) in [5, 5.41) is 0. The maximum Gasteiger partial charge on any atom is 0.306 e. The molecule has 0 spiro atoms. The normalized spacial score (nSPS) is 13.5. The molecule has 0 aromatic heterocycles. The van der Waals surface area contributed by atoms with E-state index in [1.54, 1.807) is 0 Å². The minimum absolute atomic E-state index is 0.0181. The molecule has 0 saturated heterocycles. The Morgan fingerprint density at radius 1 is 0.324 bits per heavy atom. The molecule has 1 unspecified atom stereocenters. The van der Waals surface area contributed by atoms with E-state index in [2.05, 4.69) is 173 Å². The van der Waals surface area contributed by atoms with Crippen LogP contribution in [0.3, 0.4) is 0 Å². The average Bonchev–Trinajstić information content (AvgIpc) is 3.34. The van der Waals surface area contributed by atoms with Crippen LogP contribution in [0.5, 0.6) is 0 Å². The van der Waals surface area contributed by atoms with Gasteiger partial charge in [0.15, 0.2) is 6.10 Å². The molecule has 0 aromatic carbocycles. The molecular formula is C63H98O5. The fraction of sp³-hybridized carbons (Fsp3) is 0.556. The zero-order valence-corrected chi connectivity index (χ0v) is 43.6. The first-order chi connectivity index (χ1) is 33.6. The van der Waals surface area contributed by atoms with Gasteiger partial charge in [0, 0.05) is 19.4 Å². The second kappa shape index (κ2) is 56.8. The summed E-state index contributed by atoms with van der Waals surface area (Å²) in [6.45, 7) is 7.33. The molecule has 0 radical (unpaired) electrons. The molecule has 0 aliphatic rings. The minimum Gasteiger partial charge on any atom is -0.462 e. The standard InChI is InChI=1S/C63H98O5/c1-4-7-10-13-16-19-22-25-28-31-32-34-35-38-41-44-47-50-53-56-62(64)67-60-61(59-66-58-55-52-49-46-43-40-37-30-27-24-21-18-15-12-9-6-3)68-63(65)57-54-51-48-45-42-39-36-33-29-26-23-20-17-14-11-8-5-2/h7-12,16-21,25-30,32,34,36,38-39,41,47,50,61H,4-6,13-15,22-24,31,33,35,37,40,42-46,48-49,51-60H2,1-3H3/b10-7-,11-8-,12-9-,19-16-,20-17-,21-18-,28-25-,29-26-,30-27-,34-32-,39-36-,41-38-,50-47-. The van der Waals surface area contributed by atoms with Gasteiger partial charge in [0.1, 0.15) is 6.61 Å². The molecule has 0 bridgehead atoms. The van der Waals surface area contributed by atoms with E-state index < -0.39 is 6.10 Å². The van der Waals surface area contributed by atoms with Gasteiger partial charge in [-0.25, -0.2) is 0 Å². The molecule has 0 aliphatic heterocycles. The third-order valence-corrected chi connectivity index (χ3v) is 10.6. The van der Waals surface area contributed by atoms with Gasteiger partial charge in [-0.2, -0.15) is 0 Å². The Labute approximate surface area is 418 Å². The van der Waals surface area contributed by atoms with Gasteiger partial charge >= 0.3 is 11.9 Å². The van der Waals surface area contributed by atoms with Crippen molar-refractivity contribution in [3.8, 4) is 0 Å². The third kappa shape index (κ3) is 54.1. The number of allylic oxidation sites excluding steroid dienone is 26.